The molecule has 5 N–H and O–H groups in total. The minimum absolute atomic E-state index is 0.0164. The molecule has 0 saturated heterocycles. The molecular formula is C28H38ClIN7O3P. The number of halogens is 2. The Morgan fingerprint density at radius 3 is 2.34 bits per heavy atom. The first-order valence-electron chi connectivity index (χ1n) is 12.9. The largest absolute Gasteiger partial charge is 0.423 e. The van der Waals surface area contributed by atoms with Crippen molar-refractivity contribution in [3.63, 3.8) is 0 Å². The van der Waals surface area contributed by atoms with Crippen LogP contribution in [0.1, 0.15) is 58.1 Å². The van der Waals surface area contributed by atoms with E-state index in [1.54, 1.807) is 39.4 Å². The predicted octanol–water partition coefficient (Wildman–Crippen LogP) is 7.49. The number of benzene rings is 1. The molecule has 13 heteroatoms. The number of pyridine rings is 1. The monoisotopic (exact) mass is 713 g/mol. The smallest absolute Gasteiger partial charge is 0.274 e. The average molecular weight is 714 g/mol. The van der Waals surface area contributed by atoms with E-state index in [-0.39, 0.29) is 17.2 Å². The Balaban J connectivity index is 0.00000196. The molecule has 0 aliphatic heterocycles. The van der Waals surface area contributed by atoms with Crippen LogP contribution >= 0.6 is 40.0 Å². The molecule has 1 heterocycles. The number of unbranched alkanes of at least 4 members (excludes halogenated alkanes) is 1. The predicted molar refractivity (Wildman–Crippen MR) is 184 cm³/mol. The summed E-state index contributed by atoms with van der Waals surface area (Å²) in [5.74, 6) is -0.0465. The van der Waals surface area contributed by atoms with Crippen LogP contribution in [0.15, 0.2) is 57.8 Å². The highest BCUT2D eigenvalue weighted by Crippen LogP contribution is 2.35. The van der Waals surface area contributed by atoms with Crippen LogP contribution in [0.4, 0.5) is 17.1 Å². The van der Waals surface area contributed by atoms with Gasteiger partial charge < -0.3 is 35.8 Å². The summed E-state index contributed by atoms with van der Waals surface area (Å²) in [5, 5.41) is 24.4. The number of aliphatic imine (C=N–C) groups is 1. The lowest BCUT2D eigenvalue weighted by Gasteiger charge is -2.18. The number of carbonyl (C=O) groups is 1. The quantitative estimate of drug-likeness (QED) is 0.0387. The molecule has 0 bridgehead atoms. The Hall–Kier alpha value is -3.02. The lowest BCUT2D eigenvalue weighted by Crippen LogP contribution is -2.26. The maximum absolute atomic E-state index is 12.6. The van der Waals surface area contributed by atoms with Crippen LogP contribution in [0.25, 0.3) is 0 Å². The van der Waals surface area contributed by atoms with E-state index in [0.29, 0.717) is 40.5 Å². The van der Waals surface area contributed by atoms with E-state index in [0.717, 1.165) is 11.9 Å². The zero-order valence-electron chi connectivity index (χ0n) is 24.1. The lowest BCUT2D eigenvalue weighted by molar-refractivity contribution is -0.112. The third kappa shape index (κ3) is 10.7. The van der Waals surface area contributed by atoms with E-state index < -0.39 is 11.5 Å². The van der Waals surface area contributed by atoms with Crippen molar-refractivity contribution in [2.75, 3.05) is 22.8 Å². The van der Waals surface area contributed by atoms with E-state index in [1.807, 2.05) is 13.0 Å². The molecule has 41 heavy (non-hydrogen) atoms. The molecule has 0 radical (unpaired) electrons. The van der Waals surface area contributed by atoms with Gasteiger partial charge in [0.2, 0.25) is 5.90 Å². The maximum Gasteiger partial charge on any atom is 0.274 e. The second-order valence-corrected chi connectivity index (χ2v) is 10.8. The van der Waals surface area contributed by atoms with Crippen LogP contribution in [0, 0.1) is 10.8 Å². The van der Waals surface area contributed by atoms with Crippen LogP contribution in [0.3, 0.4) is 0 Å². The Morgan fingerprint density at radius 1 is 1.17 bits per heavy atom. The van der Waals surface area contributed by atoms with Gasteiger partial charge in [-0.25, -0.2) is 0 Å². The van der Waals surface area contributed by atoms with Crippen molar-refractivity contribution in [3.8, 4) is 0 Å². The molecule has 1 unspecified atom stereocenters. The summed E-state index contributed by atoms with van der Waals surface area (Å²) in [5.41, 5.74) is 1.97. The van der Waals surface area contributed by atoms with Gasteiger partial charge in [-0.05, 0) is 59.7 Å². The molecule has 0 saturated carbocycles. The van der Waals surface area contributed by atoms with Crippen LogP contribution in [0.2, 0.25) is 5.02 Å². The number of anilines is 3. The topological polar surface area (TPSA) is 144 Å². The minimum atomic E-state index is -0.575. The summed E-state index contributed by atoms with van der Waals surface area (Å²) in [6.45, 7) is 7.93. The number of aryl methyl sites for hydroxylation is 1. The van der Waals surface area contributed by atoms with Crippen LogP contribution in [0.5, 0.6) is 0 Å². The summed E-state index contributed by atoms with van der Waals surface area (Å²) >= 11 is 8.77. The fraction of sp³-hybridized carbons (Fsp3) is 0.321. The maximum atomic E-state index is 12.6. The molecule has 0 aliphatic carbocycles. The van der Waals surface area contributed by atoms with Gasteiger partial charge in [-0.2, -0.15) is 0 Å². The molecule has 2 rings (SSSR count). The number of ether oxygens (including phenoxy) is 1. The standard InChI is InChI=1S/C24H28ClIN7O3P.C4H10/c1-5-7-20(30-18-9-8-17(32-37-26)16(12-28)21(18)25)36-23(29-3)15-10-19(24(35)33(4)13-15)31-22(34)14(6-2)11-27;1-3-4-2/h6-13,27-28,30,32,37H,5H2,1-4H3,(H,31,34);3-4H2,1-2H3/b14-6+,20-7+,27-11?,28-12?,29-23?;. The number of aromatic nitrogens is 1. The third-order valence-electron chi connectivity index (χ3n) is 5.47. The van der Waals surface area contributed by atoms with E-state index in [2.05, 4.69) is 56.6 Å². The van der Waals surface area contributed by atoms with Crippen molar-refractivity contribution in [1.82, 2.24) is 4.57 Å². The van der Waals surface area contributed by atoms with Crippen LogP contribution in [-0.2, 0) is 16.6 Å². The zero-order valence-corrected chi connectivity index (χ0v) is 28.0. The van der Waals surface area contributed by atoms with Gasteiger partial charge in [0, 0.05) is 50.3 Å². The van der Waals surface area contributed by atoms with Gasteiger partial charge in [0.1, 0.15) is 5.69 Å². The van der Waals surface area contributed by atoms with E-state index in [4.69, 9.17) is 27.2 Å². The molecule has 222 valence electrons. The SMILES string of the molecule is C/C=C(\C=N)C(=O)Nc1cc(C(=NC)O/C(=C/CC)Nc2ccc(NPI)c(C=N)c2Cl)cn(C)c1=O.CCCC. The molecule has 1 amide bonds. The van der Waals surface area contributed by atoms with Crippen LogP contribution in [-0.4, -0.2) is 35.8 Å². The number of nitrogens with zero attached hydrogens (tertiary/aromatic N) is 2. The molecular weight excluding hydrogens is 676 g/mol. The Morgan fingerprint density at radius 2 is 1.83 bits per heavy atom. The normalized spacial score (nSPS) is 12.0. The molecule has 2 aromatic rings. The molecule has 0 spiro atoms. The number of carbonyl (C=O) groups excluding carboxylic acids is 1. The molecule has 1 aromatic carbocycles. The Labute approximate surface area is 261 Å². The highest BCUT2D eigenvalue weighted by atomic mass is 127. The third-order valence-corrected chi connectivity index (χ3v) is 7.05. The second-order valence-electron chi connectivity index (χ2n) is 8.39. The van der Waals surface area contributed by atoms with Crippen molar-refractivity contribution in [2.45, 2.75) is 47.0 Å². The van der Waals surface area contributed by atoms with Crippen molar-refractivity contribution in [1.29, 1.82) is 10.8 Å². The Bertz CT molecular complexity index is 1370. The molecule has 0 fully saturated rings. The summed E-state index contributed by atoms with van der Waals surface area (Å²) in [6.07, 6.45) is 10.6. The first kappa shape index (κ1) is 36.0. The van der Waals surface area contributed by atoms with Crippen LogP contribution < -0.4 is 21.3 Å². The molecule has 0 aliphatic rings. The lowest BCUT2D eigenvalue weighted by atomic mass is 10.1. The van der Waals surface area contributed by atoms with Crippen molar-refractivity contribution in [2.24, 2.45) is 12.0 Å². The highest BCUT2D eigenvalue weighted by Gasteiger charge is 2.17. The number of allylic oxidation sites excluding steroid dienone is 2. The summed E-state index contributed by atoms with van der Waals surface area (Å²) in [6, 6.07) is 5.08. The Kier molecular flexibility index (Phi) is 16.8. The summed E-state index contributed by atoms with van der Waals surface area (Å²) < 4.78 is 7.38. The van der Waals surface area contributed by atoms with Gasteiger partial charge in [0.05, 0.1) is 21.8 Å². The molecule has 10 nitrogen and oxygen atoms in total. The van der Waals surface area contributed by atoms with Crippen molar-refractivity contribution >= 4 is 81.3 Å². The first-order valence-corrected chi connectivity index (χ1v) is 17.4. The van der Waals surface area contributed by atoms with Crippen molar-refractivity contribution in [3.05, 3.63) is 74.5 Å². The number of hydrogen-bond donors (Lipinski definition) is 5. The molecule has 1 aromatic heterocycles. The van der Waals surface area contributed by atoms with Gasteiger partial charge >= 0.3 is 0 Å². The number of amides is 1. The zero-order chi connectivity index (χ0) is 30.9. The highest BCUT2D eigenvalue weighted by molar-refractivity contribution is 14.2. The average Bonchev–Trinajstić information content (AvgIpc) is 2.96. The van der Waals surface area contributed by atoms with Gasteiger partial charge in [-0.1, -0.05) is 51.3 Å². The van der Waals surface area contributed by atoms with Gasteiger partial charge in [0.25, 0.3) is 11.5 Å². The second kappa shape index (κ2) is 19.2. The fourth-order valence-electron chi connectivity index (χ4n) is 3.16. The van der Waals surface area contributed by atoms with Gasteiger partial charge in [0.15, 0.2) is 5.88 Å². The number of nitrogens with one attached hydrogen (secondary N) is 5. The van der Waals surface area contributed by atoms with Gasteiger partial charge in [-0.15, -0.1) is 0 Å². The number of hydrogen-bond acceptors (Lipinski definition) is 8. The molecule has 1 atom stereocenters. The van der Waals surface area contributed by atoms with E-state index >= 15 is 0 Å². The first-order chi connectivity index (χ1) is 19.6. The summed E-state index contributed by atoms with van der Waals surface area (Å²) in [4.78, 5) is 29.3. The van der Waals surface area contributed by atoms with E-state index in [1.165, 1.54) is 35.8 Å². The number of rotatable bonds is 12. The minimum Gasteiger partial charge on any atom is -0.423 e. The van der Waals surface area contributed by atoms with E-state index in [9.17, 15) is 9.59 Å². The van der Waals surface area contributed by atoms with Crippen molar-refractivity contribution < 1.29 is 9.53 Å². The fourth-order valence-corrected chi connectivity index (χ4v) is 4.62. The summed E-state index contributed by atoms with van der Waals surface area (Å²) in [7, 11) is 3.09. The van der Waals surface area contributed by atoms with Gasteiger partial charge in [-0.3, -0.25) is 14.6 Å².